The van der Waals surface area contributed by atoms with Gasteiger partial charge in [-0.2, -0.15) is 0 Å². The van der Waals surface area contributed by atoms with E-state index >= 15 is 0 Å². The predicted molar refractivity (Wildman–Crippen MR) is 192 cm³/mol. The first-order valence-corrected chi connectivity index (χ1v) is 18.1. The Balaban J connectivity index is 0.00000316. The van der Waals surface area contributed by atoms with Gasteiger partial charge in [0.05, 0.1) is 5.92 Å². The van der Waals surface area contributed by atoms with Crippen molar-refractivity contribution >= 4 is 39.3 Å². The number of carbonyl (C=O) groups is 1. The van der Waals surface area contributed by atoms with Crippen LogP contribution in [0.5, 0.6) is 0 Å². The molecule has 1 aromatic carbocycles. The SMILES string of the molecule is CC.CCC(C)(CO)CCCCC1=CC(C)(C)C=C(c2ccccc2C2=CC(C)(C)C=C(CCCCC(C)C(=O)O)S2)S1. The molecule has 0 radical (unpaired) electrons. The van der Waals surface area contributed by atoms with Crippen LogP contribution in [0, 0.1) is 22.2 Å². The molecular formula is C38H58O3S2. The van der Waals surface area contributed by atoms with E-state index in [1.54, 1.807) is 6.92 Å². The van der Waals surface area contributed by atoms with Gasteiger partial charge in [-0.15, -0.1) is 0 Å². The first-order chi connectivity index (χ1) is 20.3. The lowest BCUT2D eigenvalue weighted by Crippen LogP contribution is -2.19. The number of rotatable bonds is 15. The number of benzene rings is 1. The normalized spacial score (nSPS) is 19.5. The predicted octanol–water partition coefficient (Wildman–Crippen LogP) is 12.0. The number of carboxylic acid groups (broad SMARTS) is 1. The number of unbranched alkanes of at least 4 members (excludes halogenated alkanes) is 2. The van der Waals surface area contributed by atoms with Crippen molar-refractivity contribution in [1.29, 1.82) is 0 Å². The van der Waals surface area contributed by atoms with Gasteiger partial charge in [-0.05, 0) is 71.3 Å². The molecule has 3 nitrogen and oxygen atoms in total. The molecule has 1 aromatic rings. The van der Waals surface area contributed by atoms with Crippen LogP contribution in [0.25, 0.3) is 9.81 Å². The minimum atomic E-state index is -0.698. The van der Waals surface area contributed by atoms with Crippen molar-refractivity contribution in [2.45, 2.75) is 120 Å². The zero-order valence-corrected chi connectivity index (χ0v) is 30.0. The van der Waals surface area contributed by atoms with Crippen LogP contribution >= 0.6 is 23.5 Å². The van der Waals surface area contributed by atoms with E-state index in [0.29, 0.717) is 0 Å². The topological polar surface area (TPSA) is 57.5 Å². The Morgan fingerprint density at radius 2 is 1.30 bits per heavy atom. The summed E-state index contributed by atoms with van der Waals surface area (Å²) >= 11 is 3.82. The van der Waals surface area contributed by atoms with E-state index in [2.05, 4.69) is 90.1 Å². The van der Waals surface area contributed by atoms with Crippen LogP contribution in [0.1, 0.15) is 131 Å². The Labute approximate surface area is 271 Å². The number of aliphatic hydroxyl groups is 1. The lowest BCUT2D eigenvalue weighted by Gasteiger charge is -2.30. The first kappa shape index (κ1) is 37.5. The minimum absolute atomic E-state index is 0.00241. The zero-order valence-electron chi connectivity index (χ0n) is 28.4. The van der Waals surface area contributed by atoms with Crippen LogP contribution in [-0.4, -0.2) is 22.8 Å². The Hall–Kier alpha value is -1.69. The molecule has 5 heteroatoms. The highest BCUT2D eigenvalue weighted by molar-refractivity contribution is 8.12. The molecule has 240 valence electrons. The lowest BCUT2D eigenvalue weighted by molar-refractivity contribution is -0.141. The molecule has 2 N–H and O–H groups in total. The average Bonchev–Trinajstić information content (AvgIpc) is 2.96. The standard InChI is InChI=1S/C36H52O3S2.C2H6/c1-8-36(7,25-37)20-14-13-17-28-22-35(5,6)24-32(41-28)30-19-12-11-18-29(30)31-23-34(3,4)21-27(40-31)16-10-9-15-26(2)33(38)39;1-2/h11-12,18-19,21-24,26,37H,8-10,13-17,20,25H2,1-7H3,(H,38,39);1-2H3. The third-order valence-corrected chi connectivity index (χ3v) is 10.7. The third kappa shape index (κ3) is 12.0. The highest BCUT2D eigenvalue weighted by atomic mass is 32.2. The number of aliphatic carboxylic acids is 1. The molecule has 2 unspecified atom stereocenters. The van der Waals surface area contributed by atoms with Crippen molar-refractivity contribution in [2.75, 3.05) is 6.61 Å². The second kappa shape index (κ2) is 17.1. The van der Waals surface area contributed by atoms with Gasteiger partial charge in [-0.3, -0.25) is 4.79 Å². The van der Waals surface area contributed by atoms with Crippen LogP contribution < -0.4 is 0 Å². The van der Waals surface area contributed by atoms with Gasteiger partial charge in [0.25, 0.3) is 0 Å². The highest BCUT2D eigenvalue weighted by Crippen LogP contribution is 2.51. The summed E-state index contributed by atoms with van der Waals surface area (Å²) in [6.45, 7) is 19.6. The summed E-state index contributed by atoms with van der Waals surface area (Å²) in [5.74, 6) is -0.972. The van der Waals surface area contributed by atoms with Crippen molar-refractivity contribution in [3.63, 3.8) is 0 Å². The first-order valence-electron chi connectivity index (χ1n) is 16.4. The number of hydrogen-bond acceptors (Lipinski definition) is 4. The van der Waals surface area contributed by atoms with Gasteiger partial charge in [-0.1, -0.05) is 147 Å². The summed E-state index contributed by atoms with van der Waals surface area (Å²) in [5, 5.41) is 19.0. The maximum Gasteiger partial charge on any atom is 0.306 e. The fourth-order valence-corrected chi connectivity index (χ4v) is 8.59. The molecule has 0 saturated carbocycles. The second-order valence-electron chi connectivity index (χ2n) is 13.6. The summed E-state index contributed by atoms with van der Waals surface area (Å²) in [6.07, 6.45) is 18.8. The van der Waals surface area contributed by atoms with Crippen molar-refractivity contribution in [1.82, 2.24) is 0 Å². The summed E-state index contributed by atoms with van der Waals surface area (Å²) in [7, 11) is 0. The Morgan fingerprint density at radius 1 is 0.837 bits per heavy atom. The van der Waals surface area contributed by atoms with E-state index in [-0.39, 0.29) is 28.8 Å². The van der Waals surface area contributed by atoms with Gasteiger partial charge in [-0.25, -0.2) is 0 Å². The highest BCUT2D eigenvalue weighted by Gasteiger charge is 2.27. The summed E-state index contributed by atoms with van der Waals surface area (Å²) in [6, 6.07) is 8.86. The maximum atomic E-state index is 11.2. The monoisotopic (exact) mass is 626 g/mol. The summed E-state index contributed by atoms with van der Waals surface area (Å²) in [4.78, 5) is 16.7. The Bertz CT molecular complexity index is 1180. The summed E-state index contributed by atoms with van der Waals surface area (Å²) in [5.41, 5.74) is 2.62. The molecule has 2 aliphatic heterocycles. The Morgan fingerprint density at radius 3 is 1.72 bits per heavy atom. The number of aliphatic hydroxyl groups excluding tert-OH is 1. The third-order valence-electron chi connectivity index (χ3n) is 8.43. The number of thioether (sulfide) groups is 2. The van der Waals surface area contributed by atoms with E-state index in [9.17, 15) is 15.0 Å². The zero-order chi connectivity index (χ0) is 32.3. The molecule has 0 spiro atoms. The van der Waals surface area contributed by atoms with Gasteiger partial charge >= 0.3 is 5.97 Å². The lowest BCUT2D eigenvalue weighted by atomic mass is 9.83. The average molecular weight is 627 g/mol. The van der Waals surface area contributed by atoms with Gasteiger partial charge < -0.3 is 10.2 Å². The molecule has 2 aliphatic rings. The molecule has 43 heavy (non-hydrogen) atoms. The molecule has 0 fully saturated rings. The minimum Gasteiger partial charge on any atom is -0.481 e. The molecule has 0 aromatic heterocycles. The van der Waals surface area contributed by atoms with Crippen molar-refractivity contribution in [3.8, 4) is 0 Å². The molecule has 0 saturated heterocycles. The van der Waals surface area contributed by atoms with Crippen LogP contribution in [0.4, 0.5) is 0 Å². The maximum absolute atomic E-state index is 11.2. The van der Waals surface area contributed by atoms with Crippen LogP contribution in [0.2, 0.25) is 0 Å². The molecule has 0 bridgehead atoms. The fraction of sp³-hybridized carbons (Fsp3) is 0.605. The largest absolute Gasteiger partial charge is 0.481 e. The number of allylic oxidation sites excluding steroid dienone is 6. The van der Waals surface area contributed by atoms with E-state index in [4.69, 9.17) is 0 Å². The number of hydrogen-bond donors (Lipinski definition) is 2. The molecular weight excluding hydrogens is 569 g/mol. The molecule has 2 heterocycles. The van der Waals surface area contributed by atoms with E-state index in [0.717, 1.165) is 57.8 Å². The summed E-state index contributed by atoms with van der Waals surface area (Å²) < 4.78 is 0. The number of carboxylic acids is 1. The van der Waals surface area contributed by atoms with Gasteiger partial charge in [0.2, 0.25) is 0 Å². The van der Waals surface area contributed by atoms with Gasteiger partial charge in [0.15, 0.2) is 0 Å². The van der Waals surface area contributed by atoms with Crippen molar-refractivity contribution in [2.24, 2.45) is 22.2 Å². The van der Waals surface area contributed by atoms with E-state index < -0.39 is 5.97 Å². The molecule has 3 rings (SSSR count). The van der Waals surface area contributed by atoms with Crippen LogP contribution in [0.3, 0.4) is 0 Å². The quantitative estimate of drug-likeness (QED) is 0.190. The smallest absolute Gasteiger partial charge is 0.306 e. The van der Waals surface area contributed by atoms with Gasteiger partial charge in [0.1, 0.15) is 0 Å². The van der Waals surface area contributed by atoms with Crippen molar-refractivity contribution < 1.29 is 15.0 Å². The Kier molecular flexibility index (Phi) is 14.9. The van der Waals surface area contributed by atoms with Crippen molar-refractivity contribution in [3.05, 3.63) is 69.5 Å². The van der Waals surface area contributed by atoms with Crippen LogP contribution in [-0.2, 0) is 4.79 Å². The fourth-order valence-electron chi connectivity index (χ4n) is 5.51. The second-order valence-corrected chi connectivity index (χ2v) is 16.0. The van der Waals surface area contributed by atoms with Gasteiger partial charge in [0, 0.05) is 27.2 Å². The van der Waals surface area contributed by atoms with E-state index in [1.807, 2.05) is 37.4 Å². The van der Waals surface area contributed by atoms with Crippen LogP contribution in [0.15, 0.2) is 58.4 Å². The molecule has 0 aliphatic carbocycles. The molecule has 2 atom stereocenters. The van der Waals surface area contributed by atoms with E-state index in [1.165, 1.54) is 30.7 Å². The molecule has 0 amide bonds.